The minimum atomic E-state index is -1.54. The Bertz CT molecular complexity index is 1110. The van der Waals surface area contributed by atoms with Crippen LogP contribution in [0.5, 0.6) is 0 Å². The third-order valence-corrected chi connectivity index (χ3v) is 5.53. The Balaban J connectivity index is 2.11. The minimum Gasteiger partial charge on any atom is -0.481 e. The number of benzene rings is 1. The van der Waals surface area contributed by atoms with Gasteiger partial charge in [-0.1, -0.05) is 32.0 Å². The number of hydrogen-bond acceptors (Lipinski definition) is 6. The molecular formula is C24H33N5O7. The van der Waals surface area contributed by atoms with Crippen LogP contribution < -0.4 is 21.7 Å². The summed E-state index contributed by atoms with van der Waals surface area (Å²) in [4.78, 5) is 63.6. The number of carbonyl (C=O) groups is 5. The summed E-state index contributed by atoms with van der Waals surface area (Å²) in [5, 5.41) is 26.1. The lowest BCUT2D eigenvalue weighted by Gasteiger charge is -2.25. The summed E-state index contributed by atoms with van der Waals surface area (Å²) in [5.41, 5.74) is 7.86. The fourth-order valence-electron chi connectivity index (χ4n) is 3.64. The zero-order valence-corrected chi connectivity index (χ0v) is 20.4. The molecular weight excluding hydrogens is 470 g/mol. The van der Waals surface area contributed by atoms with Gasteiger partial charge in [-0.05, 0) is 37.3 Å². The molecule has 3 amide bonds. The summed E-state index contributed by atoms with van der Waals surface area (Å²) < 4.78 is 0. The van der Waals surface area contributed by atoms with Crippen molar-refractivity contribution >= 4 is 40.6 Å². The van der Waals surface area contributed by atoms with E-state index in [2.05, 4.69) is 20.9 Å². The molecule has 0 saturated carbocycles. The normalized spacial score (nSPS) is 14.5. The van der Waals surface area contributed by atoms with Crippen LogP contribution in [0.3, 0.4) is 0 Å². The molecule has 0 aliphatic carbocycles. The second kappa shape index (κ2) is 12.7. The molecule has 1 aromatic carbocycles. The molecule has 1 heterocycles. The highest BCUT2D eigenvalue weighted by molar-refractivity contribution is 5.95. The van der Waals surface area contributed by atoms with E-state index in [0.717, 1.165) is 16.5 Å². The summed E-state index contributed by atoms with van der Waals surface area (Å²) in [6.45, 7) is 4.86. The molecule has 36 heavy (non-hydrogen) atoms. The Morgan fingerprint density at radius 1 is 0.917 bits per heavy atom. The van der Waals surface area contributed by atoms with E-state index < -0.39 is 60.2 Å². The average Bonchev–Trinajstić information content (AvgIpc) is 3.20. The summed E-state index contributed by atoms with van der Waals surface area (Å²) in [6, 6.07) is 2.66. The molecule has 0 saturated heterocycles. The maximum Gasteiger partial charge on any atom is 0.325 e. The van der Waals surface area contributed by atoms with Gasteiger partial charge in [0.25, 0.3) is 0 Å². The molecule has 2 aromatic rings. The largest absolute Gasteiger partial charge is 0.481 e. The van der Waals surface area contributed by atoms with E-state index in [1.165, 1.54) is 6.92 Å². The first kappa shape index (κ1) is 28.3. The number of carbonyl (C=O) groups excluding carboxylic acids is 3. The van der Waals surface area contributed by atoms with Crippen molar-refractivity contribution in [2.24, 2.45) is 11.7 Å². The van der Waals surface area contributed by atoms with Gasteiger partial charge in [-0.25, -0.2) is 0 Å². The average molecular weight is 504 g/mol. The van der Waals surface area contributed by atoms with Crippen molar-refractivity contribution < 1.29 is 34.2 Å². The van der Waals surface area contributed by atoms with E-state index in [4.69, 9.17) is 15.9 Å². The molecule has 0 fully saturated rings. The summed E-state index contributed by atoms with van der Waals surface area (Å²) >= 11 is 0. The number of hydrogen-bond donors (Lipinski definition) is 7. The quantitative estimate of drug-likeness (QED) is 0.199. The zero-order chi connectivity index (χ0) is 27.0. The van der Waals surface area contributed by atoms with Crippen molar-refractivity contribution in [3.8, 4) is 0 Å². The fourth-order valence-corrected chi connectivity index (χ4v) is 3.64. The molecule has 0 radical (unpaired) electrons. The number of carboxylic acid groups (broad SMARTS) is 2. The van der Waals surface area contributed by atoms with Crippen LogP contribution in [0.2, 0.25) is 0 Å². The number of aromatic nitrogens is 1. The molecule has 12 heteroatoms. The van der Waals surface area contributed by atoms with Gasteiger partial charge in [0.1, 0.15) is 18.1 Å². The summed E-state index contributed by atoms with van der Waals surface area (Å²) in [7, 11) is 0. The number of aromatic amines is 1. The number of H-pyrrole nitrogens is 1. The van der Waals surface area contributed by atoms with Crippen LogP contribution in [-0.4, -0.2) is 69.0 Å². The molecule has 4 atom stereocenters. The molecule has 0 bridgehead atoms. The third kappa shape index (κ3) is 8.08. The fraction of sp³-hybridized carbons (Fsp3) is 0.458. The summed E-state index contributed by atoms with van der Waals surface area (Å²) in [6.07, 6.45) is 1.41. The Hall–Kier alpha value is -3.93. The predicted octanol–water partition coefficient (Wildman–Crippen LogP) is 0.117. The smallest absolute Gasteiger partial charge is 0.325 e. The van der Waals surface area contributed by atoms with E-state index in [9.17, 15) is 24.0 Å². The van der Waals surface area contributed by atoms with Crippen molar-refractivity contribution in [1.82, 2.24) is 20.9 Å². The molecule has 2 rings (SSSR count). The van der Waals surface area contributed by atoms with Crippen LogP contribution in [0.25, 0.3) is 10.9 Å². The maximum absolute atomic E-state index is 13.0. The maximum atomic E-state index is 13.0. The number of rotatable bonds is 13. The Morgan fingerprint density at radius 2 is 1.53 bits per heavy atom. The number of nitrogens with two attached hydrogens (primary N) is 1. The van der Waals surface area contributed by atoms with Crippen LogP contribution >= 0.6 is 0 Å². The van der Waals surface area contributed by atoms with Gasteiger partial charge in [-0.15, -0.1) is 0 Å². The first-order valence-electron chi connectivity index (χ1n) is 11.5. The molecule has 0 aliphatic heterocycles. The Labute approximate surface area is 208 Å². The van der Waals surface area contributed by atoms with Crippen molar-refractivity contribution in [1.29, 1.82) is 0 Å². The van der Waals surface area contributed by atoms with Crippen molar-refractivity contribution in [2.45, 2.75) is 64.2 Å². The number of amides is 3. The lowest BCUT2D eigenvalue weighted by atomic mass is 10.0. The molecule has 8 N–H and O–H groups in total. The van der Waals surface area contributed by atoms with Gasteiger partial charge in [0.15, 0.2) is 0 Å². The van der Waals surface area contributed by atoms with Gasteiger partial charge >= 0.3 is 11.9 Å². The Morgan fingerprint density at radius 3 is 2.14 bits per heavy atom. The number of aliphatic carboxylic acids is 2. The number of carboxylic acids is 2. The van der Waals surface area contributed by atoms with Gasteiger partial charge in [0, 0.05) is 17.1 Å². The van der Waals surface area contributed by atoms with E-state index in [0.29, 0.717) is 0 Å². The minimum absolute atomic E-state index is 0.0373. The van der Waals surface area contributed by atoms with Crippen LogP contribution in [0.4, 0.5) is 0 Å². The first-order chi connectivity index (χ1) is 16.9. The topological polar surface area (TPSA) is 204 Å². The van der Waals surface area contributed by atoms with Crippen LogP contribution in [0.1, 0.15) is 39.2 Å². The molecule has 196 valence electrons. The molecule has 12 nitrogen and oxygen atoms in total. The van der Waals surface area contributed by atoms with Gasteiger partial charge in [-0.2, -0.15) is 0 Å². The zero-order valence-electron chi connectivity index (χ0n) is 20.4. The SMILES string of the molecule is CC(C)CC(NC(=O)C(N)Cc1c[nH]c2ccccc12)C(=O)NC(CC(=O)O)C(=O)NC(C)C(=O)O. The van der Waals surface area contributed by atoms with Gasteiger partial charge < -0.3 is 36.9 Å². The second-order valence-corrected chi connectivity index (χ2v) is 9.09. The lowest BCUT2D eigenvalue weighted by Crippen LogP contribution is -2.57. The van der Waals surface area contributed by atoms with Crippen LogP contribution in [0.15, 0.2) is 30.5 Å². The second-order valence-electron chi connectivity index (χ2n) is 9.09. The summed E-state index contributed by atoms with van der Waals surface area (Å²) in [5.74, 6) is -5.06. The first-order valence-corrected chi connectivity index (χ1v) is 11.5. The van der Waals surface area contributed by atoms with Crippen LogP contribution in [-0.2, 0) is 30.4 Å². The Kier molecular flexibility index (Phi) is 9.97. The molecule has 0 spiro atoms. The molecule has 0 aliphatic rings. The van der Waals surface area contributed by atoms with E-state index >= 15 is 0 Å². The lowest BCUT2D eigenvalue weighted by molar-refractivity contribution is -0.143. The van der Waals surface area contributed by atoms with E-state index in [1.54, 1.807) is 6.20 Å². The van der Waals surface area contributed by atoms with Crippen molar-refractivity contribution in [2.75, 3.05) is 0 Å². The van der Waals surface area contributed by atoms with Crippen molar-refractivity contribution in [3.63, 3.8) is 0 Å². The van der Waals surface area contributed by atoms with Crippen LogP contribution in [0, 0.1) is 5.92 Å². The monoisotopic (exact) mass is 503 g/mol. The van der Waals surface area contributed by atoms with Gasteiger partial charge in [0.05, 0.1) is 12.5 Å². The van der Waals surface area contributed by atoms with Gasteiger partial charge in [0.2, 0.25) is 17.7 Å². The van der Waals surface area contributed by atoms with E-state index in [-0.39, 0.29) is 18.8 Å². The van der Waals surface area contributed by atoms with Crippen molar-refractivity contribution in [3.05, 3.63) is 36.0 Å². The van der Waals surface area contributed by atoms with E-state index in [1.807, 2.05) is 38.1 Å². The number of para-hydroxylation sites is 1. The standard InChI is InChI=1S/C24H33N5O7/c1-12(2)8-18(23(34)29-19(10-20(30)31)22(33)27-13(3)24(35)36)28-21(32)16(25)9-14-11-26-17-7-5-4-6-15(14)17/h4-7,11-13,16,18-19,26H,8-10,25H2,1-3H3,(H,27,33)(H,28,32)(H,29,34)(H,30,31)(H,35,36). The highest BCUT2D eigenvalue weighted by Gasteiger charge is 2.31. The highest BCUT2D eigenvalue weighted by atomic mass is 16.4. The third-order valence-electron chi connectivity index (χ3n) is 5.53. The highest BCUT2D eigenvalue weighted by Crippen LogP contribution is 2.19. The predicted molar refractivity (Wildman–Crippen MR) is 131 cm³/mol. The van der Waals surface area contributed by atoms with Gasteiger partial charge in [-0.3, -0.25) is 24.0 Å². The number of nitrogens with one attached hydrogen (secondary N) is 4. The molecule has 4 unspecified atom stereocenters. The number of fused-ring (bicyclic) bond motifs is 1. The molecule has 1 aromatic heterocycles.